The maximum atomic E-state index is 12.6. The van der Waals surface area contributed by atoms with Crippen LogP contribution in [0.1, 0.15) is 30.6 Å². The summed E-state index contributed by atoms with van der Waals surface area (Å²) in [5.74, 6) is 0.629. The predicted molar refractivity (Wildman–Crippen MR) is 96.5 cm³/mol. The van der Waals surface area contributed by atoms with Crippen LogP contribution in [0, 0.1) is 0 Å². The van der Waals surface area contributed by atoms with Crippen molar-refractivity contribution < 1.29 is 9.53 Å². The van der Waals surface area contributed by atoms with Crippen molar-refractivity contribution in [1.82, 2.24) is 4.98 Å². The number of nitrogens with zero attached hydrogens (tertiary/aromatic N) is 1. The third-order valence-corrected chi connectivity index (χ3v) is 3.94. The quantitative estimate of drug-likeness (QED) is 0.743. The minimum atomic E-state index is -0.171. The molecule has 1 amide bonds. The van der Waals surface area contributed by atoms with Gasteiger partial charge in [0.05, 0.1) is 11.7 Å². The van der Waals surface area contributed by atoms with Crippen molar-refractivity contribution in [1.29, 1.82) is 0 Å². The Morgan fingerprint density at radius 1 is 1.12 bits per heavy atom. The SMILES string of the molecule is CCC(C)Oc1ccc(NC(=O)c2cncc3ccccc23)cc1. The monoisotopic (exact) mass is 320 g/mol. The Bertz CT molecular complexity index is 838. The number of ether oxygens (including phenoxy) is 1. The van der Waals surface area contributed by atoms with Crippen molar-refractivity contribution in [3.63, 3.8) is 0 Å². The molecule has 0 fully saturated rings. The third-order valence-electron chi connectivity index (χ3n) is 3.94. The van der Waals surface area contributed by atoms with Crippen LogP contribution in [0.4, 0.5) is 5.69 Å². The van der Waals surface area contributed by atoms with E-state index in [4.69, 9.17) is 4.74 Å². The molecule has 1 heterocycles. The Balaban J connectivity index is 1.77. The smallest absolute Gasteiger partial charge is 0.257 e. The molecular weight excluding hydrogens is 300 g/mol. The summed E-state index contributed by atoms with van der Waals surface area (Å²) < 4.78 is 5.74. The maximum Gasteiger partial charge on any atom is 0.257 e. The highest BCUT2D eigenvalue weighted by atomic mass is 16.5. The Morgan fingerprint density at radius 3 is 2.62 bits per heavy atom. The van der Waals surface area contributed by atoms with Crippen molar-refractivity contribution in [2.24, 2.45) is 0 Å². The molecule has 122 valence electrons. The molecule has 24 heavy (non-hydrogen) atoms. The van der Waals surface area contributed by atoms with Gasteiger partial charge in [-0.1, -0.05) is 31.2 Å². The molecule has 3 aromatic rings. The summed E-state index contributed by atoms with van der Waals surface area (Å²) in [6, 6.07) is 15.1. The molecule has 1 N–H and O–H groups in total. The lowest BCUT2D eigenvalue weighted by atomic mass is 10.1. The van der Waals surface area contributed by atoms with Gasteiger partial charge in [-0.15, -0.1) is 0 Å². The molecular formula is C20H20N2O2. The summed E-state index contributed by atoms with van der Waals surface area (Å²) in [4.78, 5) is 16.7. The van der Waals surface area contributed by atoms with Crippen molar-refractivity contribution in [3.05, 3.63) is 66.5 Å². The minimum absolute atomic E-state index is 0.171. The van der Waals surface area contributed by atoms with E-state index in [0.29, 0.717) is 5.56 Å². The van der Waals surface area contributed by atoms with Crippen LogP contribution >= 0.6 is 0 Å². The number of amides is 1. The number of rotatable bonds is 5. The number of nitrogens with one attached hydrogen (secondary N) is 1. The van der Waals surface area contributed by atoms with Crippen molar-refractivity contribution in [3.8, 4) is 5.75 Å². The molecule has 0 saturated carbocycles. The van der Waals surface area contributed by atoms with Gasteiger partial charge < -0.3 is 10.1 Å². The Labute approximate surface area is 141 Å². The number of carbonyl (C=O) groups excluding carboxylic acids is 1. The minimum Gasteiger partial charge on any atom is -0.491 e. The molecule has 0 aliphatic rings. The van der Waals surface area contributed by atoms with Crippen LogP contribution in [0.2, 0.25) is 0 Å². The molecule has 4 nitrogen and oxygen atoms in total. The molecule has 1 unspecified atom stereocenters. The average molecular weight is 320 g/mol. The van der Waals surface area contributed by atoms with Crippen molar-refractivity contribution in [2.75, 3.05) is 5.32 Å². The largest absolute Gasteiger partial charge is 0.491 e. The lowest BCUT2D eigenvalue weighted by Gasteiger charge is -2.13. The second-order valence-electron chi connectivity index (χ2n) is 5.72. The fourth-order valence-electron chi connectivity index (χ4n) is 2.43. The molecule has 2 aromatic carbocycles. The number of hydrogen-bond donors (Lipinski definition) is 1. The molecule has 0 bridgehead atoms. The van der Waals surface area contributed by atoms with Crippen molar-refractivity contribution >= 4 is 22.4 Å². The maximum absolute atomic E-state index is 12.6. The van der Waals surface area contributed by atoms with Gasteiger partial charge in [0, 0.05) is 23.5 Å². The van der Waals surface area contributed by atoms with E-state index in [0.717, 1.165) is 28.6 Å². The summed E-state index contributed by atoms with van der Waals surface area (Å²) in [7, 11) is 0. The predicted octanol–water partition coefficient (Wildman–Crippen LogP) is 4.66. The van der Waals surface area contributed by atoms with E-state index in [9.17, 15) is 4.79 Å². The first kappa shape index (κ1) is 16.0. The number of fused-ring (bicyclic) bond motifs is 1. The molecule has 1 aromatic heterocycles. The van der Waals surface area contributed by atoms with Gasteiger partial charge in [0.1, 0.15) is 5.75 Å². The fourth-order valence-corrected chi connectivity index (χ4v) is 2.43. The van der Waals surface area contributed by atoms with Crippen LogP contribution < -0.4 is 10.1 Å². The highest BCUT2D eigenvalue weighted by Gasteiger charge is 2.11. The summed E-state index contributed by atoms with van der Waals surface area (Å²) in [6.45, 7) is 4.11. The number of carbonyl (C=O) groups is 1. The lowest BCUT2D eigenvalue weighted by Crippen LogP contribution is -2.13. The highest BCUT2D eigenvalue weighted by Crippen LogP contribution is 2.21. The molecule has 0 spiro atoms. The van der Waals surface area contributed by atoms with Crippen LogP contribution in [0.3, 0.4) is 0 Å². The first-order chi connectivity index (χ1) is 11.7. The van der Waals surface area contributed by atoms with Crippen LogP contribution in [0.15, 0.2) is 60.9 Å². The molecule has 0 aliphatic heterocycles. The number of pyridine rings is 1. The van der Waals surface area contributed by atoms with Gasteiger partial charge >= 0.3 is 0 Å². The molecule has 4 heteroatoms. The van der Waals surface area contributed by atoms with Crippen LogP contribution in [-0.4, -0.2) is 17.0 Å². The second kappa shape index (κ2) is 7.13. The number of aromatic nitrogens is 1. The Morgan fingerprint density at radius 2 is 1.88 bits per heavy atom. The van der Waals surface area contributed by atoms with E-state index in [2.05, 4.69) is 17.2 Å². The van der Waals surface area contributed by atoms with Crippen LogP contribution in [0.5, 0.6) is 5.75 Å². The van der Waals surface area contributed by atoms with Gasteiger partial charge in [0.25, 0.3) is 5.91 Å². The van der Waals surface area contributed by atoms with Crippen LogP contribution in [-0.2, 0) is 0 Å². The van der Waals surface area contributed by atoms with Gasteiger partial charge in [0.15, 0.2) is 0 Å². The first-order valence-electron chi connectivity index (χ1n) is 8.08. The average Bonchev–Trinajstić information content (AvgIpc) is 2.62. The van der Waals surface area contributed by atoms with E-state index in [-0.39, 0.29) is 12.0 Å². The topological polar surface area (TPSA) is 51.2 Å². The number of benzene rings is 2. The molecule has 0 saturated heterocycles. The fraction of sp³-hybridized carbons (Fsp3) is 0.200. The van der Waals surface area contributed by atoms with Gasteiger partial charge in [-0.25, -0.2) is 0 Å². The summed E-state index contributed by atoms with van der Waals surface area (Å²) in [5.41, 5.74) is 1.29. The summed E-state index contributed by atoms with van der Waals surface area (Å²) in [6.07, 6.45) is 4.48. The highest BCUT2D eigenvalue weighted by molar-refractivity contribution is 6.12. The Hall–Kier alpha value is -2.88. The molecule has 3 rings (SSSR count). The van der Waals surface area contributed by atoms with Gasteiger partial charge in [-0.05, 0) is 43.0 Å². The standard InChI is InChI=1S/C20H20N2O2/c1-3-14(2)24-17-10-8-16(9-11-17)22-20(23)19-13-21-12-15-6-4-5-7-18(15)19/h4-14H,3H2,1-2H3,(H,22,23). The summed E-state index contributed by atoms with van der Waals surface area (Å²) >= 11 is 0. The van der Waals surface area contributed by atoms with Crippen LogP contribution in [0.25, 0.3) is 10.8 Å². The van der Waals surface area contributed by atoms with Crippen molar-refractivity contribution in [2.45, 2.75) is 26.4 Å². The van der Waals surface area contributed by atoms with E-state index >= 15 is 0 Å². The van der Waals surface area contributed by atoms with E-state index in [1.165, 1.54) is 0 Å². The van der Waals surface area contributed by atoms with Gasteiger partial charge in [-0.3, -0.25) is 9.78 Å². The van der Waals surface area contributed by atoms with E-state index in [1.54, 1.807) is 12.4 Å². The first-order valence-corrected chi connectivity index (χ1v) is 8.08. The number of hydrogen-bond acceptors (Lipinski definition) is 3. The zero-order valence-corrected chi connectivity index (χ0v) is 13.8. The van der Waals surface area contributed by atoms with Gasteiger partial charge in [0.2, 0.25) is 0 Å². The zero-order valence-electron chi connectivity index (χ0n) is 13.8. The van der Waals surface area contributed by atoms with E-state index in [1.807, 2.05) is 55.5 Å². The second-order valence-corrected chi connectivity index (χ2v) is 5.72. The Kier molecular flexibility index (Phi) is 4.75. The third kappa shape index (κ3) is 3.54. The number of anilines is 1. The molecule has 1 atom stereocenters. The molecule has 0 radical (unpaired) electrons. The molecule has 0 aliphatic carbocycles. The van der Waals surface area contributed by atoms with E-state index < -0.39 is 0 Å². The lowest BCUT2D eigenvalue weighted by molar-refractivity contribution is 0.102. The summed E-state index contributed by atoms with van der Waals surface area (Å²) in [5, 5.41) is 4.75. The van der Waals surface area contributed by atoms with Gasteiger partial charge in [-0.2, -0.15) is 0 Å². The normalized spacial score (nSPS) is 11.9. The zero-order chi connectivity index (χ0) is 16.9.